The molecule has 0 saturated carbocycles. The highest BCUT2D eigenvalue weighted by Gasteiger charge is 2.49. The first kappa shape index (κ1) is 29.1. The Balaban J connectivity index is 1.65. The fourth-order valence-corrected chi connectivity index (χ4v) is 4.09. The molecule has 2 heterocycles. The number of carboxylic acid groups (broad SMARTS) is 2. The van der Waals surface area contributed by atoms with Crippen molar-refractivity contribution in [1.82, 2.24) is 0 Å². The second-order valence-electron chi connectivity index (χ2n) is 8.06. The van der Waals surface area contributed by atoms with Gasteiger partial charge in [0, 0.05) is 12.1 Å². The Kier molecular flexibility index (Phi) is 7.76. The van der Waals surface area contributed by atoms with Crippen molar-refractivity contribution in [2.24, 2.45) is 0 Å². The number of ether oxygens (including phenoxy) is 2. The summed E-state index contributed by atoms with van der Waals surface area (Å²) in [6.07, 6.45) is -2.03. The lowest BCUT2D eigenvalue weighted by Gasteiger charge is -2.20. The topological polar surface area (TPSA) is 197 Å². The SMILES string of the molecule is O=C(O)c1cc(=O)c2c(OCC(COc3cccc4oc(C(=O)O)cc(=O)c34)OS(=O)(=O)C(F)(F)F)cccc2o1. The summed E-state index contributed by atoms with van der Waals surface area (Å²) in [7, 11) is -6.19. The molecule has 2 aromatic heterocycles. The molecule has 0 saturated heterocycles. The molecular weight excluding hydrogens is 585 g/mol. The van der Waals surface area contributed by atoms with Crippen LogP contribution in [-0.2, 0) is 14.3 Å². The molecule has 0 amide bonds. The molecule has 41 heavy (non-hydrogen) atoms. The van der Waals surface area contributed by atoms with E-state index in [0.29, 0.717) is 12.1 Å². The summed E-state index contributed by atoms with van der Waals surface area (Å²) in [6, 6.07) is 8.65. The van der Waals surface area contributed by atoms with Gasteiger partial charge in [0.05, 0.1) is 0 Å². The van der Waals surface area contributed by atoms with E-state index in [9.17, 15) is 40.8 Å². The minimum atomic E-state index is -6.19. The number of alkyl halides is 3. The molecule has 2 N–H and O–H groups in total. The zero-order valence-corrected chi connectivity index (χ0v) is 20.9. The molecule has 0 fully saturated rings. The first-order chi connectivity index (χ1) is 19.2. The summed E-state index contributed by atoms with van der Waals surface area (Å²) in [5.41, 5.74) is -8.06. The molecule has 216 valence electrons. The molecule has 4 rings (SSSR count). The molecule has 0 bridgehead atoms. The highest BCUT2D eigenvalue weighted by atomic mass is 32.2. The predicted octanol–water partition coefficient (Wildman–Crippen LogP) is 2.99. The smallest absolute Gasteiger partial charge is 0.490 e. The van der Waals surface area contributed by atoms with Gasteiger partial charge >= 0.3 is 27.6 Å². The van der Waals surface area contributed by atoms with Crippen molar-refractivity contribution in [2.75, 3.05) is 13.2 Å². The minimum Gasteiger partial charge on any atom is -0.490 e. The fourth-order valence-electron chi connectivity index (χ4n) is 3.51. The number of rotatable bonds is 10. The third-order valence-corrected chi connectivity index (χ3v) is 6.34. The quantitative estimate of drug-likeness (QED) is 0.199. The molecule has 4 aromatic rings. The van der Waals surface area contributed by atoms with Gasteiger partial charge < -0.3 is 28.5 Å². The van der Waals surface area contributed by atoms with Gasteiger partial charge in [-0.15, -0.1) is 0 Å². The Morgan fingerprint density at radius 3 is 1.59 bits per heavy atom. The summed E-state index contributed by atoms with van der Waals surface area (Å²) < 4.78 is 87.8. The maximum absolute atomic E-state index is 13.1. The molecule has 0 unspecified atom stereocenters. The molecular formula is C24H15F3O13S. The second-order valence-corrected chi connectivity index (χ2v) is 9.62. The van der Waals surface area contributed by atoms with Crippen LogP contribution < -0.4 is 20.3 Å². The highest BCUT2D eigenvalue weighted by Crippen LogP contribution is 2.29. The van der Waals surface area contributed by atoms with E-state index >= 15 is 0 Å². The Morgan fingerprint density at radius 1 is 0.805 bits per heavy atom. The van der Waals surface area contributed by atoms with Crippen molar-refractivity contribution >= 4 is 44.0 Å². The first-order valence-corrected chi connectivity index (χ1v) is 12.4. The van der Waals surface area contributed by atoms with E-state index in [-0.39, 0.29) is 33.4 Å². The van der Waals surface area contributed by atoms with E-state index < -0.39 is 69.3 Å². The number of fused-ring (bicyclic) bond motifs is 2. The summed E-state index contributed by atoms with van der Waals surface area (Å²) in [6.45, 7) is -1.92. The van der Waals surface area contributed by atoms with Crippen molar-refractivity contribution in [3.05, 3.63) is 80.5 Å². The van der Waals surface area contributed by atoms with Crippen LogP contribution in [0.4, 0.5) is 13.2 Å². The zero-order valence-electron chi connectivity index (χ0n) is 20.0. The summed E-state index contributed by atoms with van der Waals surface area (Å²) in [5, 5.41) is 17.5. The summed E-state index contributed by atoms with van der Waals surface area (Å²) in [5.74, 6) is -5.09. The van der Waals surface area contributed by atoms with Gasteiger partial charge in [-0.3, -0.25) is 13.8 Å². The molecule has 13 nitrogen and oxygen atoms in total. The lowest BCUT2D eigenvalue weighted by Crippen LogP contribution is -2.36. The van der Waals surface area contributed by atoms with Crippen LogP contribution in [-0.4, -0.2) is 55.4 Å². The Labute approximate surface area is 225 Å². The van der Waals surface area contributed by atoms with Gasteiger partial charge in [0.2, 0.25) is 11.5 Å². The fraction of sp³-hybridized carbons (Fsp3) is 0.167. The van der Waals surface area contributed by atoms with Gasteiger partial charge in [0.1, 0.15) is 52.8 Å². The lowest BCUT2D eigenvalue weighted by atomic mass is 10.2. The molecule has 0 aliphatic carbocycles. The van der Waals surface area contributed by atoms with Crippen LogP contribution in [0.2, 0.25) is 0 Å². The monoisotopic (exact) mass is 600 g/mol. The molecule has 0 spiro atoms. The second kappa shape index (κ2) is 10.9. The van der Waals surface area contributed by atoms with Gasteiger partial charge in [-0.1, -0.05) is 12.1 Å². The van der Waals surface area contributed by atoms with Gasteiger partial charge in [0.15, 0.2) is 10.9 Å². The highest BCUT2D eigenvalue weighted by molar-refractivity contribution is 7.87. The number of halogens is 3. The average molecular weight is 600 g/mol. The maximum Gasteiger partial charge on any atom is 0.523 e. The number of benzene rings is 2. The van der Waals surface area contributed by atoms with Crippen LogP contribution in [0.25, 0.3) is 21.9 Å². The number of carboxylic acids is 2. The number of hydrogen-bond donors (Lipinski definition) is 2. The van der Waals surface area contributed by atoms with Crippen LogP contribution in [0.15, 0.2) is 67.0 Å². The summed E-state index contributed by atoms with van der Waals surface area (Å²) >= 11 is 0. The summed E-state index contributed by atoms with van der Waals surface area (Å²) in [4.78, 5) is 47.3. The van der Waals surface area contributed by atoms with E-state index in [1.165, 1.54) is 36.4 Å². The van der Waals surface area contributed by atoms with Crippen LogP contribution in [0.3, 0.4) is 0 Å². The molecule has 0 radical (unpaired) electrons. The molecule has 2 aromatic carbocycles. The number of carbonyl (C=O) groups is 2. The van der Waals surface area contributed by atoms with Gasteiger partial charge in [-0.05, 0) is 24.3 Å². The van der Waals surface area contributed by atoms with Gasteiger partial charge in [-0.25, -0.2) is 9.59 Å². The largest absolute Gasteiger partial charge is 0.523 e. The van der Waals surface area contributed by atoms with E-state index in [4.69, 9.17) is 28.5 Å². The van der Waals surface area contributed by atoms with Crippen molar-refractivity contribution in [1.29, 1.82) is 0 Å². The Hall–Kier alpha value is -4.90. The average Bonchev–Trinajstić information content (AvgIpc) is 2.88. The van der Waals surface area contributed by atoms with Crippen molar-refractivity contribution in [2.45, 2.75) is 11.6 Å². The van der Waals surface area contributed by atoms with Crippen LogP contribution >= 0.6 is 0 Å². The predicted molar refractivity (Wildman–Crippen MR) is 130 cm³/mol. The van der Waals surface area contributed by atoms with Gasteiger partial charge in [-0.2, -0.15) is 21.6 Å². The maximum atomic E-state index is 13.1. The third kappa shape index (κ3) is 6.15. The molecule has 0 atom stereocenters. The van der Waals surface area contributed by atoms with Crippen LogP contribution in [0.5, 0.6) is 11.5 Å². The third-order valence-electron chi connectivity index (χ3n) is 5.25. The van der Waals surface area contributed by atoms with E-state index in [1.54, 1.807) is 0 Å². The molecule has 0 aliphatic heterocycles. The Morgan fingerprint density at radius 2 is 1.22 bits per heavy atom. The molecule has 0 aliphatic rings. The first-order valence-electron chi connectivity index (χ1n) is 11.0. The van der Waals surface area contributed by atoms with Crippen LogP contribution in [0.1, 0.15) is 21.1 Å². The van der Waals surface area contributed by atoms with Crippen molar-refractivity contribution in [3.63, 3.8) is 0 Å². The van der Waals surface area contributed by atoms with E-state index in [2.05, 4.69) is 4.18 Å². The van der Waals surface area contributed by atoms with Gasteiger partial charge in [0.25, 0.3) is 0 Å². The Bertz CT molecular complexity index is 1780. The number of aromatic carboxylic acids is 2. The lowest BCUT2D eigenvalue weighted by molar-refractivity contribution is -0.0603. The van der Waals surface area contributed by atoms with Crippen LogP contribution in [0, 0.1) is 0 Å². The van der Waals surface area contributed by atoms with Crippen molar-refractivity contribution in [3.8, 4) is 11.5 Å². The number of hydrogen-bond acceptors (Lipinski definition) is 11. The molecule has 17 heteroatoms. The van der Waals surface area contributed by atoms with E-state index in [0.717, 1.165) is 0 Å². The standard InChI is InChI=1S/C24H15F3O13S/c25-24(26,27)41(34,35)40-11(9-36-14-3-1-5-16-20(14)12(28)7-18(38-16)22(30)31)10-37-15-4-2-6-17-21(15)13(29)8-19(39-17)23(32)33/h1-8,11H,9-10H2,(H,30,31)(H,32,33). The van der Waals surface area contributed by atoms with E-state index in [1.807, 2.05) is 0 Å². The van der Waals surface area contributed by atoms with Crippen molar-refractivity contribution < 1.29 is 63.9 Å². The minimum absolute atomic E-state index is 0.243. The normalized spacial score (nSPS) is 12.1. The zero-order chi connectivity index (χ0) is 30.1.